The molecule has 2 nitrogen and oxygen atoms in total. The second-order valence-corrected chi connectivity index (χ2v) is 4.61. The Bertz CT molecular complexity index is 468. The highest BCUT2D eigenvalue weighted by molar-refractivity contribution is 5.79. The van der Waals surface area contributed by atoms with Gasteiger partial charge < -0.3 is 10.7 Å². The van der Waals surface area contributed by atoms with E-state index >= 15 is 0 Å². The number of hydrogen-bond acceptors (Lipinski definition) is 1. The van der Waals surface area contributed by atoms with Crippen LogP contribution in [-0.4, -0.2) is 4.98 Å². The smallest absolute Gasteiger partial charge is 0.0457 e. The number of nitrogens with one attached hydrogen (secondary N) is 1. The molecular weight excluding hydrogens is 184 g/mol. The molecule has 1 aromatic heterocycles. The van der Waals surface area contributed by atoms with Gasteiger partial charge in [-0.3, -0.25) is 0 Å². The molecule has 2 heteroatoms. The standard InChI is InChI=1S/C13H16N2/c14-12(7-9-1-2-9)11-4-3-10-5-6-15-13(10)8-11/h3-6,8-9,12,15H,1-2,7,14H2/t12-/m1/s1. The van der Waals surface area contributed by atoms with Gasteiger partial charge in [0.1, 0.15) is 0 Å². The van der Waals surface area contributed by atoms with Crippen molar-refractivity contribution >= 4 is 10.9 Å². The normalized spacial score (nSPS) is 18.2. The van der Waals surface area contributed by atoms with E-state index in [1.165, 1.54) is 29.3 Å². The van der Waals surface area contributed by atoms with E-state index in [1.807, 2.05) is 6.20 Å². The molecule has 1 aliphatic rings. The van der Waals surface area contributed by atoms with Crippen molar-refractivity contribution in [2.24, 2.45) is 11.7 Å². The van der Waals surface area contributed by atoms with E-state index < -0.39 is 0 Å². The highest BCUT2D eigenvalue weighted by atomic mass is 14.7. The van der Waals surface area contributed by atoms with Crippen LogP contribution in [0.25, 0.3) is 10.9 Å². The lowest BCUT2D eigenvalue weighted by atomic mass is 10.0. The molecule has 1 heterocycles. The molecule has 3 N–H and O–H groups in total. The Morgan fingerprint density at radius 1 is 1.33 bits per heavy atom. The summed E-state index contributed by atoms with van der Waals surface area (Å²) in [5.74, 6) is 0.888. The number of benzene rings is 1. The van der Waals surface area contributed by atoms with Gasteiger partial charge in [0.05, 0.1) is 0 Å². The molecule has 0 bridgehead atoms. The van der Waals surface area contributed by atoms with E-state index in [0.29, 0.717) is 0 Å². The van der Waals surface area contributed by atoms with E-state index in [2.05, 4.69) is 29.2 Å². The molecule has 15 heavy (non-hydrogen) atoms. The second-order valence-electron chi connectivity index (χ2n) is 4.61. The lowest BCUT2D eigenvalue weighted by Gasteiger charge is -2.11. The predicted molar refractivity (Wildman–Crippen MR) is 62.6 cm³/mol. The largest absolute Gasteiger partial charge is 0.361 e. The van der Waals surface area contributed by atoms with Crippen molar-refractivity contribution in [3.8, 4) is 0 Å². The number of fused-ring (bicyclic) bond motifs is 1. The van der Waals surface area contributed by atoms with Crippen LogP contribution in [0.2, 0.25) is 0 Å². The summed E-state index contributed by atoms with van der Waals surface area (Å²) in [7, 11) is 0. The van der Waals surface area contributed by atoms with Gasteiger partial charge in [0.25, 0.3) is 0 Å². The van der Waals surface area contributed by atoms with Crippen molar-refractivity contribution < 1.29 is 0 Å². The van der Waals surface area contributed by atoms with Crippen molar-refractivity contribution in [1.29, 1.82) is 0 Å². The topological polar surface area (TPSA) is 41.8 Å². The lowest BCUT2D eigenvalue weighted by molar-refractivity contribution is 0.597. The van der Waals surface area contributed by atoms with Gasteiger partial charge >= 0.3 is 0 Å². The van der Waals surface area contributed by atoms with Crippen molar-refractivity contribution in [3.63, 3.8) is 0 Å². The molecule has 1 atom stereocenters. The Morgan fingerprint density at radius 2 is 2.20 bits per heavy atom. The predicted octanol–water partition coefficient (Wildman–Crippen LogP) is 2.97. The number of nitrogens with two attached hydrogens (primary N) is 1. The average molecular weight is 200 g/mol. The average Bonchev–Trinajstić information content (AvgIpc) is 2.94. The number of aromatic amines is 1. The molecule has 0 amide bonds. The molecule has 1 aliphatic carbocycles. The SMILES string of the molecule is N[C@H](CC1CC1)c1ccc2cc[nH]c2c1. The first-order valence-corrected chi connectivity index (χ1v) is 5.65. The second kappa shape index (κ2) is 3.38. The minimum atomic E-state index is 0.213. The third kappa shape index (κ3) is 1.77. The van der Waals surface area contributed by atoms with Crippen LogP contribution in [0.4, 0.5) is 0 Å². The maximum atomic E-state index is 6.18. The third-order valence-electron chi connectivity index (χ3n) is 3.29. The van der Waals surface area contributed by atoms with E-state index in [1.54, 1.807) is 0 Å². The Morgan fingerprint density at radius 3 is 3.00 bits per heavy atom. The highest BCUT2D eigenvalue weighted by Gasteiger charge is 2.24. The van der Waals surface area contributed by atoms with Crippen LogP contribution in [0.3, 0.4) is 0 Å². The van der Waals surface area contributed by atoms with Gasteiger partial charge in [-0.1, -0.05) is 25.0 Å². The lowest BCUT2D eigenvalue weighted by Crippen LogP contribution is -2.10. The first-order chi connectivity index (χ1) is 7.33. The monoisotopic (exact) mass is 200 g/mol. The number of aromatic nitrogens is 1. The fourth-order valence-electron chi connectivity index (χ4n) is 2.14. The molecule has 2 aromatic rings. The van der Waals surface area contributed by atoms with E-state index in [4.69, 9.17) is 5.73 Å². The first-order valence-electron chi connectivity index (χ1n) is 5.65. The highest BCUT2D eigenvalue weighted by Crippen LogP contribution is 2.37. The molecule has 0 unspecified atom stereocenters. The Labute approximate surface area is 89.5 Å². The number of H-pyrrole nitrogens is 1. The Hall–Kier alpha value is -1.28. The summed E-state index contributed by atoms with van der Waals surface area (Å²) < 4.78 is 0. The number of rotatable bonds is 3. The summed E-state index contributed by atoms with van der Waals surface area (Å²) in [6.07, 6.45) is 5.87. The van der Waals surface area contributed by atoms with Crippen LogP contribution in [-0.2, 0) is 0 Å². The molecule has 78 valence electrons. The van der Waals surface area contributed by atoms with Gasteiger partial charge in [0, 0.05) is 17.8 Å². The molecule has 0 saturated heterocycles. The minimum absolute atomic E-state index is 0.213. The fourth-order valence-corrected chi connectivity index (χ4v) is 2.14. The van der Waals surface area contributed by atoms with Gasteiger partial charge in [-0.15, -0.1) is 0 Å². The first kappa shape index (κ1) is 8.98. The van der Waals surface area contributed by atoms with Crippen LogP contribution in [0.1, 0.15) is 30.9 Å². The van der Waals surface area contributed by atoms with Crippen molar-refractivity contribution in [1.82, 2.24) is 4.98 Å². The van der Waals surface area contributed by atoms with Gasteiger partial charge in [-0.05, 0) is 35.4 Å². The van der Waals surface area contributed by atoms with Crippen LogP contribution in [0.5, 0.6) is 0 Å². The fraction of sp³-hybridized carbons (Fsp3) is 0.385. The zero-order valence-corrected chi connectivity index (χ0v) is 8.74. The van der Waals surface area contributed by atoms with Crippen molar-refractivity contribution in [3.05, 3.63) is 36.0 Å². The van der Waals surface area contributed by atoms with Gasteiger partial charge in [-0.25, -0.2) is 0 Å². The van der Waals surface area contributed by atoms with Crippen molar-refractivity contribution in [2.45, 2.75) is 25.3 Å². The maximum Gasteiger partial charge on any atom is 0.0457 e. The zero-order chi connectivity index (χ0) is 10.3. The van der Waals surface area contributed by atoms with Crippen LogP contribution in [0.15, 0.2) is 30.5 Å². The summed E-state index contributed by atoms with van der Waals surface area (Å²) in [6.45, 7) is 0. The van der Waals surface area contributed by atoms with Gasteiger partial charge in [0.15, 0.2) is 0 Å². The summed E-state index contributed by atoms with van der Waals surface area (Å²) in [5.41, 5.74) is 8.64. The van der Waals surface area contributed by atoms with Crippen molar-refractivity contribution in [2.75, 3.05) is 0 Å². The quantitative estimate of drug-likeness (QED) is 0.785. The van der Waals surface area contributed by atoms with Crippen LogP contribution in [0, 0.1) is 5.92 Å². The zero-order valence-electron chi connectivity index (χ0n) is 8.74. The third-order valence-corrected chi connectivity index (χ3v) is 3.29. The van der Waals surface area contributed by atoms with Gasteiger partial charge in [0.2, 0.25) is 0 Å². The number of hydrogen-bond donors (Lipinski definition) is 2. The molecule has 3 rings (SSSR count). The summed E-state index contributed by atoms with van der Waals surface area (Å²) in [6, 6.07) is 8.79. The minimum Gasteiger partial charge on any atom is -0.361 e. The molecule has 1 saturated carbocycles. The summed E-state index contributed by atoms with van der Waals surface area (Å²) >= 11 is 0. The summed E-state index contributed by atoms with van der Waals surface area (Å²) in [5, 5.41) is 1.26. The molecular formula is C13H16N2. The Balaban J connectivity index is 1.88. The van der Waals surface area contributed by atoms with E-state index in [0.717, 1.165) is 12.3 Å². The molecule has 1 fully saturated rings. The van der Waals surface area contributed by atoms with Gasteiger partial charge in [-0.2, -0.15) is 0 Å². The Kier molecular flexibility index (Phi) is 2.03. The maximum absolute atomic E-state index is 6.18. The molecule has 0 spiro atoms. The molecule has 0 radical (unpaired) electrons. The van der Waals surface area contributed by atoms with E-state index in [9.17, 15) is 0 Å². The van der Waals surface area contributed by atoms with E-state index in [-0.39, 0.29) is 6.04 Å². The molecule has 0 aliphatic heterocycles. The molecule has 1 aromatic carbocycles. The summed E-state index contributed by atoms with van der Waals surface area (Å²) in [4.78, 5) is 3.23. The van der Waals surface area contributed by atoms with Crippen LogP contribution < -0.4 is 5.73 Å². The van der Waals surface area contributed by atoms with Crippen LogP contribution >= 0.6 is 0 Å².